The quantitative estimate of drug-likeness (QED) is 0.765. The Morgan fingerprint density at radius 3 is 1.81 bits per heavy atom. The largest absolute Gasteiger partial charge is 0.480 e. The molecule has 0 aliphatic heterocycles. The molecule has 1 atom stereocenters. The van der Waals surface area contributed by atoms with Crippen LogP contribution in [0.2, 0.25) is 0 Å². The van der Waals surface area contributed by atoms with Crippen LogP contribution in [0, 0.1) is 0 Å². The first-order valence-electron chi connectivity index (χ1n) is 8.79. The van der Waals surface area contributed by atoms with E-state index in [1.165, 1.54) is 0 Å². The second-order valence-corrected chi connectivity index (χ2v) is 6.79. The van der Waals surface area contributed by atoms with E-state index in [-0.39, 0.29) is 0 Å². The van der Waals surface area contributed by atoms with Crippen LogP contribution >= 0.6 is 0 Å². The number of carboxylic acids is 1. The van der Waals surface area contributed by atoms with Crippen LogP contribution in [0.5, 0.6) is 0 Å². The Morgan fingerprint density at radius 1 is 0.846 bits per heavy atom. The van der Waals surface area contributed by atoms with Crippen molar-refractivity contribution in [3.63, 3.8) is 0 Å². The van der Waals surface area contributed by atoms with Gasteiger partial charge in [0.2, 0.25) is 0 Å². The summed E-state index contributed by atoms with van der Waals surface area (Å²) in [5.41, 5.74) is 5.03. The van der Waals surface area contributed by atoms with E-state index in [0.717, 1.165) is 27.8 Å². The number of rotatable bonds is 4. The summed E-state index contributed by atoms with van der Waals surface area (Å²) in [6, 6.07) is 26.2. The van der Waals surface area contributed by atoms with Crippen molar-refractivity contribution in [1.29, 1.82) is 0 Å². The van der Waals surface area contributed by atoms with Crippen LogP contribution < -0.4 is 0 Å². The van der Waals surface area contributed by atoms with Gasteiger partial charge in [-0.3, -0.25) is 9.69 Å². The van der Waals surface area contributed by atoms with Gasteiger partial charge in [0.1, 0.15) is 6.04 Å². The van der Waals surface area contributed by atoms with E-state index in [1.807, 2.05) is 54.4 Å². The highest BCUT2D eigenvalue weighted by molar-refractivity contribution is 5.84. The predicted molar refractivity (Wildman–Crippen MR) is 103 cm³/mol. The summed E-state index contributed by atoms with van der Waals surface area (Å²) in [4.78, 5) is 13.8. The van der Waals surface area contributed by atoms with Gasteiger partial charge < -0.3 is 5.11 Å². The number of hydrogen-bond acceptors (Lipinski definition) is 2. The zero-order valence-corrected chi connectivity index (χ0v) is 14.9. The average molecular weight is 343 g/mol. The molecule has 1 N–H and O–H groups in total. The van der Waals surface area contributed by atoms with Crippen molar-refractivity contribution in [2.24, 2.45) is 0 Å². The van der Waals surface area contributed by atoms with Crippen LogP contribution in [0.25, 0.3) is 11.1 Å². The van der Waals surface area contributed by atoms with Gasteiger partial charge in [0.05, 0.1) is 5.54 Å². The van der Waals surface area contributed by atoms with Gasteiger partial charge in [0, 0.05) is 0 Å². The minimum absolute atomic E-state index is 0.633. The molecule has 130 valence electrons. The lowest BCUT2D eigenvalue weighted by atomic mass is 9.78. The van der Waals surface area contributed by atoms with Crippen LogP contribution in [0.3, 0.4) is 0 Å². The van der Waals surface area contributed by atoms with E-state index in [2.05, 4.69) is 36.4 Å². The van der Waals surface area contributed by atoms with Gasteiger partial charge in [0.25, 0.3) is 0 Å². The molecule has 0 saturated carbocycles. The molecule has 3 nitrogen and oxygen atoms in total. The van der Waals surface area contributed by atoms with Crippen molar-refractivity contribution in [3.8, 4) is 11.1 Å². The molecule has 4 rings (SSSR count). The SMILES string of the molecule is C[C@@H](C(=O)O)N(C)C1(c2ccccc2)c2ccccc2-c2ccccc21. The number of likely N-dealkylation sites (N-methyl/N-ethyl adjacent to an activating group) is 1. The van der Waals surface area contributed by atoms with Crippen LogP contribution in [0.4, 0.5) is 0 Å². The normalized spacial score (nSPS) is 15.3. The summed E-state index contributed by atoms with van der Waals surface area (Å²) in [6.45, 7) is 1.75. The molecule has 0 fully saturated rings. The molecule has 1 aliphatic carbocycles. The molecule has 0 saturated heterocycles. The molecular formula is C23H21NO2. The molecule has 0 bridgehead atoms. The third-order valence-corrected chi connectivity index (χ3v) is 5.58. The molecule has 0 spiro atoms. The first-order chi connectivity index (χ1) is 12.6. The van der Waals surface area contributed by atoms with Crippen LogP contribution in [0.1, 0.15) is 23.6 Å². The lowest BCUT2D eigenvalue weighted by Gasteiger charge is -2.43. The van der Waals surface area contributed by atoms with E-state index < -0.39 is 17.6 Å². The minimum Gasteiger partial charge on any atom is -0.480 e. The molecule has 0 unspecified atom stereocenters. The molecule has 3 aromatic rings. The monoisotopic (exact) mass is 343 g/mol. The van der Waals surface area contributed by atoms with E-state index in [4.69, 9.17) is 0 Å². The summed E-state index contributed by atoms with van der Waals surface area (Å²) in [5.74, 6) is -0.829. The van der Waals surface area contributed by atoms with Crippen LogP contribution in [-0.4, -0.2) is 29.1 Å². The summed E-state index contributed by atoms with van der Waals surface area (Å²) < 4.78 is 0. The average Bonchev–Trinajstić information content (AvgIpc) is 2.99. The molecule has 1 aliphatic rings. The molecule has 3 aromatic carbocycles. The number of fused-ring (bicyclic) bond motifs is 3. The van der Waals surface area contributed by atoms with Gasteiger partial charge in [-0.1, -0.05) is 78.9 Å². The zero-order valence-electron chi connectivity index (χ0n) is 14.9. The Labute approximate surface area is 153 Å². The molecule has 0 heterocycles. The van der Waals surface area contributed by atoms with Crippen LogP contribution in [0.15, 0.2) is 78.9 Å². The van der Waals surface area contributed by atoms with Gasteiger partial charge in [0.15, 0.2) is 0 Å². The number of hydrogen-bond donors (Lipinski definition) is 1. The van der Waals surface area contributed by atoms with Crippen molar-refractivity contribution >= 4 is 5.97 Å². The maximum Gasteiger partial charge on any atom is 0.320 e. The predicted octanol–water partition coefficient (Wildman–Crippen LogP) is 4.36. The number of carbonyl (C=O) groups is 1. The van der Waals surface area contributed by atoms with Gasteiger partial charge in [-0.2, -0.15) is 0 Å². The van der Waals surface area contributed by atoms with Crippen molar-refractivity contribution in [1.82, 2.24) is 4.90 Å². The topological polar surface area (TPSA) is 40.5 Å². The van der Waals surface area contributed by atoms with Crippen molar-refractivity contribution in [3.05, 3.63) is 95.6 Å². The molecule has 0 amide bonds. The Kier molecular flexibility index (Phi) is 3.89. The number of carboxylic acid groups (broad SMARTS) is 1. The number of aliphatic carboxylic acids is 1. The molecule has 3 heteroatoms. The summed E-state index contributed by atoms with van der Waals surface area (Å²) in [7, 11) is 1.91. The maximum absolute atomic E-state index is 11.9. The maximum atomic E-state index is 11.9. The second-order valence-electron chi connectivity index (χ2n) is 6.79. The first-order valence-corrected chi connectivity index (χ1v) is 8.79. The molecule has 26 heavy (non-hydrogen) atoms. The zero-order chi connectivity index (χ0) is 18.3. The van der Waals surface area contributed by atoms with Gasteiger partial charge in [-0.05, 0) is 41.8 Å². The van der Waals surface area contributed by atoms with E-state index >= 15 is 0 Å². The highest BCUT2D eigenvalue weighted by Crippen LogP contribution is 2.54. The first kappa shape index (κ1) is 16.6. The fourth-order valence-electron chi connectivity index (χ4n) is 4.24. The van der Waals surface area contributed by atoms with E-state index in [0.29, 0.717) is 0 Å². The Morgan fingerprint density at radius 2 is 1.31 bits per heavy atom. The third-order valence-electron chi connectivity index (χ3n) is 5.58. The highest BCUT2D eigenvalue weighted by Gasteiger charge is 2.49. The lowest BCUT2D eigenvalue weighted by molar-refractivity contribution is -0.143. The van der Waals surface area contributed by atoms with Crippen LogP contribution in [-0.2, 0) is 10.3 Å². The number of benzene rings is 3. The molecular weight excluding hydrogens is 322 g/mol. The van der Waals surface area contributed by atoms with Gasteiger partial charge >= 0.3 is 5.97 Å². The van der Waals surface area contributed by atoms with Crippen molar-refractivity contribution in [2.75, 3.05) is 7.05 Å². The van der Waals surface area contributed by atoms with Gasteiger partial charge in [-0.15, -0.1) is 0 Å². The van der Waals surface area contributed by atoms with E-state index in [1.54, 1.807) is 6.92 Å². The van der Waals surface area contributed by atoms with Crippen molar-refractivity contribution < 1.29 is 9.90 Å². The fraction of sp³-hybridized carbons (Fsp3) is 0.174. The Balaban J connectivity index is 2.11. The standard InChI is InChI=1S/C23H21NO2/c1-16(22(25)26)24(2)23(17-10-4-3-5-11-17)20-14-8-6-12-18(20)19-13-7-9-15-21(19)23/h3-16H,1-2H3,(H,25,26)/t16-/m0/s1. The lowest BCUT2D eigenvalue weighted by Crippen LogP contribution is -2.51. The number of nitrogens with zero attached hydrogens (tertiary/aromatic N) is 1. The van der Waals surface area contributed by atoms with E-state index in [9.17, 15) is 9.90 Å². The smallest absolute Gasteiger partial charge is 0.320 e. The Bertz CT molecular complexity index is 919. The third kappa shape index (κ3) is 2.14. The molecule has 0 aromatic heterocycles. The summed E-state index contributed by atoms with van der Waals surface area (Å²) >= 11 is 0. The van der Waals surface area contributed by atoms with Crippen molar-refractivity contribution in [2.45, 2.75) is 18.5 Å². The summed E-state index contributed by atoms with van der Waals surface area (Å²) in [5, 5.41) is 9.73. The summed E-state index contributed by atoms with van der Waals surface area (Å²) in [6.07, 6.45) is 0. The van der Waals surface area contributed by atoms with Gasteiger partial charge in [-0.25, -0.2) is 0 Å². The Hall–Kier alpha value is -2.91. The molecule has 0 radical (unpaired) electrons. The second kappa shape index (κ2) is 6.11. The fourth-order valence-corrected chi connectivity index (χ4v) is 4.24. The highest BCUT2D eigenvalue weighted by atomic mass is 16.4. The minimum atomic E-state index is -0.829.